The number of piperazine rings is 1. The molecule has 1 fully saturated rings. The van der Waals surface area contributed by atoms with Crippen molar-refractivity contribution in [2.24, 2.45) is 0 Å². The number of benzene rings is 1. The fourth-order valence-corrected chi connectivity index (χ4v) is 2.81. The molecule has 0 bridgehead atoms. The van der Waals surface area contributed by atoms with Gasteiger partial charge in [0, 0.05) is 32.7 Å². The Bertz CT molecular complexity index is 666. The minimum Gasteiger partial charge on any atom is -0.490 e. The maximum atomic E-state index is 11.7. The first kappa shape index (κ1) is 19.2. The molecule has 2 rings (SSSR count). The second-order valence-electron chi connectivity index (χ2n) is 7.56. The van der Waals surface area contributed by atoms with Crippen LogP contribution in [0.25, 0.3) is 0 Å². The molecule has 0 amide bonds. The van der Waals surface area contributed by atoms with Crippen molar-refractivity contribution in [2.75, 3.05) is 46.4 Å². The van der Waals surface area contributed by atoms with Crippen LogP contribution < -0.4 is 4.74 Å². The molecule has 0 radical (unpaired) electrons. The van der Waals surface area contributed by atoms with Gasteiger partial charge in [0.15, 0.2) is 5.75 Å². The van der Waals surface area contributed by atoms with E-state index in [0.29, 0.717) is 6.61 Å². The number of aromatic carboxylic acids is 1. The molecule has 0 spiro atoms. The average molecular weight is 345 g/mol. The summed E-state index contributed by atoms with van der Waals surface area (Å²) < 4.78 is 5.76. The van der Waals surface area contributed by atoms with E-state index in [1.165, 1.54) is 0 Å². The largest absolute Gasteiger partial charge is 0.490 e. The molecule has 0 atom stereocenters. The molecular formula is C19H27N3O3. The molecule has 6 heteroatoms. The zero-order valence-electron chi connectivity index (χ0n) is 15.5. The van der Waals surface area contributed by atoms with Crippen LogP contribution in [0.3, 0.4) is 0 Å². The number of nitrogens with zero attached hydrogens (tertiary/aromatic N) is 3. The van der Waals surface area contributed by atoms with Crippen LogP contribution >= 0.6 is 0 Å². The lowest BCUT2D eigenvalue weighted by molar-refractivity contribution is 0.0690. The van der Waals surface area contributed by atoms with Crippen LogP contribution in [0.5, 0.6) is 5.75 Å². The van der Waals surface area contributed by atoms with Crippen molar-refractivity contribution in [3.63, 3.8) is 0 Å². The summed E-state index contributed by atoms with van der Waals surface area (Å²) in [5.74, 6) is -0.894. The van der Waals surface area contributed by atoms with E-state index in [1.807, 2.05) is 20.8 Å². The summed E-state index contributed by atoms with van der Waals surface area (Å²) in [6.45, 7) is 11.0. The van der Waals surface area contributed by atoms with Crippen molar-refractivity contribution in [2.45, 2.75) is 26.2 Å². The first-order valence-electron chi connectivity index (χ1n) is 8.58. The van der Waals surface area contributed by atoms with E-state index in [0.717, 1.165) is 38.3 Å². The van der Waals surface area contributed by atoms with E-state index in [9.17, 15) is 15.2 Å². The average Bonchev–Trinajstić information content (AvgIpc) is 2.55. The fraction of sp³-hybridized carbons (Fsp3) is 0.579. The normalized spacial score (nSPS) is 16.4. The van der Waals surface area contributed by atoms with E-state index >= 15 is 0 Å². The van der Waals surface area contributed by atoms with Gasteiger partial charge in [0.2, 0.25) is 0 Å². The minimum atomic E-state index is -1.07. The molecule has 1 N–H and O–H groups in total. The maximum absolute atomic E-state index is 11.7. The van der Waals surface area contributed by atoms with Gasteiger partial charge < -0.3 is 14.7 Å². The molecule has 6 nitrogen and oxygen atoms in total. The lowest BCUT2D eigenvalue weighted by Crippen LogP contribution is -2.45. The Kier molecular flexibility index (Phi) is 6.04. The molecule has 25 heavy (non-hydrogen) atoms. The SMILES string of the molecule is CN1CCN(CCOc2c(C#N)cc(C(C)(C)C)cc2C(=O)O)CC1. The molecule has 136 valence electrons. The molecule has 0 aromatic heterocycles. The Balaban J connectivity index is 2.16. The van der Waals surface area contributed by atoms with Crippen molar-refractivity contribution >= 4 is 5.97 Å². The zero-order valence-corrected chi connectivity index (χ0v) is 15.5. The quantitative estimate of drug-likeness (QED) is 0.881. The third kappa shape index (κ3) is 4.94. The number of carbonyl (C=O) groups is 1. The second kappa shape index (κ2) is 7.85. The Morgan fingerprint density at radius 1 is 1.28 bits per heavy atom. The van der Waals surface area contributed by atoms with Gasteiger partial charge in [-0.05, 0) is 30.2 Å². The molecule has 1 aliphatic rings. The number of likely N-dealkylation sites (N-methyl/N-ethyl adjacent to an activating group) is 1. The molecule has 0 saturated carbocycles. The summed E-state index contributed by atoms with van der Waals surface area (Å²) in [7, 11) is 2.10. The van der Waals surface area contributed by atoms with Crippen molar-refractivity contribution in [3.05, 3.63) is 28.8 Å². The third-order valence-corrected chi connectivity index (χ3v) is 4.56. The highest BCUT2D eigenvalue weighted by Crippen LogP contribution is 2.31. The van der Waals surface area contributed by atoms with E-state index in [4.69, 9.17) is 4.74 Å². The Morgan fingerprint density at radius 3 is 2.44 bits per heavy atom. The lowest BCUT2D eigenvalue weighted by Gasteiger charge is -2.32. The van der Waals surface area contributed by atoms with Crippen LogP contribution in [-0.2, 0) is 5.41 Å². The van der Waals surface area contributed by atoms with Gasteiger partial charge in [0.05, 0.1) is 5.56 Å². The topological polar surface area (TPSA) is 76.8 Å². The van der Waals surface area contributed by atoms with E-state index in [-0.39, 0.29) is 22.3 Å². The van der Waals surface area contributed by atoms with Gasteiger partial charge >= 0.3 is 5.97 Å². The molecule has 1 aromatic rings. The molecule has 1 saturated heterocycles. The summed E-state index contributed by atoms with van der Waals surface area (Å²) in [4.78, 5) is 16.2. The van der Waals surface area contributed by atoms with Crippen LogP contribution in [0.2, 0.25) is 0 Å². The number of carboxylic acids is 1. The predicted molar refractivity (Wildman–Crippen MR) is 96.2 cm³/mol. The van der Waals surface area contributed by atoms with Gasteiger partial charge in [-0.25, -0.2) is 4.79 Å². The van der Waals surface area contributed by atoms with E-state index in [1.54, 1.807) is 12.1 Å². The third-order valence-electron chi connectivity index (χ3n) is 4.56. The predicted octanol–water partition coefficient (Wildman–Crippen LogP) is 2.18. The summed E-state index contributed by atoms with van der Waals surface area (Å²) >= 11 is 0. The molecule has 0 aliphatic carbocycles. The summed E-state index contributed by atoms with van der Waals surface area (Å²) in [5, 5.41) is 19.0. The molecule has 0 unspecified atom stereocenters. The number of carboxylic acid groups (broad SMARTS) is 1. The van der Waals surface area contributed by atoms with Gasteiger partial charge in [0.1, 0.15) is 18.2 Å². The Labute approximate surface area is 149 Å². The molecule has 1 aromatic carbocycles. The highest BCUT2D eigenvalue weighted by Gasteiger charge is 2.23. The monoisotopic (exact) mass is 345 g/mol. The van der Waals surface area contributed by atoms with E-state index < -0.39 is 5.97 Å². The van der Waals surface area contributed by atoms with Crippen molar-refractivity contribution < 1.29 is 14.6 Å². The summed E-state index contributed by atoms with van der Waals surface area (Å²) in [5.41, 5.74) is 0.909. The van der Waals surface area contributed by atoms with Crippen LogP contribution in [-0.4, -0.2) is 67.3 Å². The smallest absolute Gasteiger partial charge is 0.339 e. The fourth-order valence-electron chi connectivity index (χ4n) is 2.81. The number of rotatable bonds is 5. The summed E-state index contributed by atoms with van der Waals surface area (Å²) in [6, 6.07) is 5.44. The Hall–Kier alpha value is -2.10. The van der Waals surface area contributed by atoms with Crippen molar-refractivity contribution in [1.29, 1.82) is 5.26 Å². The standard InChI is InChI=1S/C19H27N3O3/c1-19(2,3)15-11-14(13-20)17(16(12-15)18(23)24)25-10-9-22-7-5-21(4)6-8-22/h11-12H,5-10H2,1-4H3,(H,23,24). The summed E-state index contributed by atoms with van der Waals surface area (Å²) in [6.07, 6.45) is 0. The Morgan fingerprint density at radius 2 is 1.92 bits per heavy atom. The van der Waals surface area contributed by atoms with Crippen molar-refractivity contribution in [3.8, 4) is 11.8 Å². The first-order chi connectivity index (χ1) is 11.7. The number of hydrogen-bond acceptors (Lipinski definition) is 5. The van der Waals surface area contributed by atoms with Gasteiger partial charge in [-0.15, -0.1) is 0 Å². The minimum absolute atomic E-state index is 0.0577. The van der Waals surface area contributed by atoms with E-state index in [2.05, 4.69) is 22.9 Å². The molecular weight excluding hydrogens is 318 g/mol. The second-order valence-corrected chi connectivity index (χ2v) is 7.56. The highest BCUT2D eigenvalue weighted by atomic mass is 16.5. The van der Waals surface area contributed by atoms with Gasteiger partial charge in [-0.2, -0.15) is 5.26 Å². The lowest BCUT2D eigenvalue weighted by atomic mass is 9.85. The van der Waals surface area contributed by atoms with Gasteiger partial charge in [-0.1, -0.05) is 20.8 Å². The van der Waals surface area contributed by atoms with Crippen LogP contribution in [0.1, 0.15) is 42.3 Å². The van der Waals surface area contributed by atoms with Crippen LogP contribution in [0, 0.1) is 11.3 Å². The number of hydrogen-bond donors (Lipinski definition) is 1. The van der Waals surface area contributed by atoms with Crippen molar-refractivity contribution in [1.82, 2.24) is 9.80 Å². The maximum Gasteiger partial charge on any atom is 0.339 e. The first-order valence-corrected chi connectivity index (χ1v) is 8.58. The number of ether oxygens (including phenoxy) is 1. The van der Waals surface area contributed by atoms with Gasteiger partial charge in [0.25, 0.3) is 0 Å². The molecule has 1 heterocycles. The zero-order chi connectivity index (χ0) is 18.6. The van der Waals surface area contributed by atoms with Gasteiger partial charge in [-0.3, -0.25) is 4.90 Å². The number of nitriles is 1. The van der Waals surface area contributed by atoms with Crippen LogP contribution in [0.4, 0.5) is 0 Å². The molecule has 1 aliphatic heterocycles. The highest BCUT2D eigenvalue weighted by molar-refractivity contribution is 5.92. The van der Waals surface area contributed by atoms with Crippen LogP contribution in [0.15, 0.2) is 12.1 Å².